The van der Waals surface area contributed by atoms with Gasteiger partial charge in [0.2, 0.25) is 0 Å². The molecule has 0 aliphatic rings. The number of hydrogen-bond donors (Lipinski definition) is 4. The standard InChI is InChI=1S/C26H20N2O8S2/c27-17-7-9-21(23(13-17)25(29)15-3-1-5-19(11-15)37(31,32)33)22-10-8-18(28)14-24(22)26(30)16-4-2-6-20(12-16)38(34,35)36/h1-14H,27-28H2,(H,31,32,33)(H,34,35,36). The van der Waals surface area contributed by atoms with Gasteiger partial charge in [0, 0.05) is 33.6 Å². The van der Waals surface area contributed by atoms with Crippen molar-refractivity contribution in [1.82, 2.24) is 0 Å². The average Bonchev–Trinajstić information content (AvgIpc) is 2.87. The Balaban J connectivity index is 1.90. The first-order chi connectivity index (χ1) is 17.8. The first-order valence-corrected chi connectivity index (χ1v) is 13.7. The fourth-order valence-corrected chi connectivity index (χ4v) is 4.93. The van der Waals surface area contributed by atoms with Crippen molar-refractivity contribution in [2.45, 2.75) is 9.79 Å². The molecule has 0 radical (unpaired) electrons. The van der Waals surface area contributed by atoms with Gasteiger partial charge in [-0.2, -0.15) is 16.8 Å². The van der Waals surface area contributed by atoms with Crippen LogP contribution in [0.2, 0.25) is 0 Å². The van der Waals surface area contributed by atoms with Crippen LogP contribution in [-0.4, -0.2) is 37.5 Å². The quantitative estimate of drug-likeness (QED) is 0.150. The summed E-state index contributed by atoms with van der Waals surface area (Å²) in [5, 5.41) is 0. The minimum Gasteiger partial charge on any atom is -0.399 e. The average molecular weight is 553 g/mol. The molecule has 0 amide bonds. The Morgan fingerprint density at radius 2 is 0.921 bits per heavy atom. The largest absolute Gasteiger partial charge is 0.399 e. The van der Waals surface area contributed by atoms with Gasteiger partial charge in [-0.1, -0.05) is 36.4 Å². The van der Waals surface area contributed by atoms with Crippen molar-refractivity contribution < 1.29 is 35.5 Å². The lowest BCUT2D eigenvalue weighted by atomic mass is 9.88. The van der Waals surface area contributed by atoms with Crippen LogP contribution in [0.25, 0.3) is 11.1 Å². The zero-order valence-corrected chi connectivity index (χ0v) is 21.0. The van der Waals surface area contributed by atoms with Crippen LogP contribution in [0, 0.1) is 0 Å². The van der Waals surface area contributed by atoms with Crippen LogP contribution in [0.5, 0.6) is 0 Å². The van der Waals surface area contributed by atoms with E-state index in [1.807, 2.05) is 0 Å². The van der Waals surface area contributed by atoms with Gasteiger partial charge < -0.3 is 11.5 Å². The van der Waals surface area contributed by atoms with E-state index >= 15 is 0 Å². The monoisotopic (exact) mass is 552 g/mol. The van der Waals surface area contributed by atoms with E-state index in [1.165, 1.54) is 60.7 Å². The second-order valence-corrected chi connectivity index (χ2v) is 11.1. The summed E-state index contributed by atoms with van der Waals surface area (Å²) in [5.41, 5.74) is 12.8. The van der Waals surface area contributed by atoms with Gasteiger partial charge in [-0.3, -0.25) is 18.7 Å². The number of nitrogens with two attached hydrogens (primary N) is 2. The third-order valence-electron chi connectivity index (χ3n) is 5.65. The maximum atomic E-state index is 13.5. The number of carbonyl (C=O) groups is 2. The topological polar surface area (TPSA) is 195 Å². The van der Waals surface area contributed by atoms with Gasteiger partial charge >= 0.3 is 0 Å². The Morgan fingerprint density at radius 1 is 0.553 bits per heavy atom. The Labute approximate surface area is 218 Å². The highest BCUT2D eigenvalue weighted by molar-refractivity contribution is 7.86. The molecule has 38 heavy (non-hydrogen) atoms. The molecule has 10 nitrogen and oxygen atoms in total. The van der Waals surface area contributed by atoms with E-state index in [9.17, 15) is 35.5 Å². The van der Waals surface area contributed by atoms with Gasteiger partial charge in [-0.05, 0) is 59.7 Å². The highest BCUT2D eigenvalue weighted by atomic mass is 32.2. The number of carbonyl (C=O) groups excluding carboxylic acids is 2. The zero-order valence-electron chi connectivity index (χ0n) is 19.4. The summed E-state index contributed by atoms with van der Waals surface area (Å²) >= 11 is 0. The predicted molar refractivity (Wildman–Crippen MR) is 140 cm³/mol. The Kier molecular flexibility index (Phi) is 6.91. The predicted octanol–water partition coefficient (Wildman–Crippen LogP) is 3.47. The van der Waals surface area contributed by atoms with Gasteiger partial charge in [0.05, 0.1) is 9.79 Å². The maximum absolute atomic E-state index is 13.5. The molecule has 0 fully saturated rings. The summed E-state index contributed by atoms with van der Waals surface area (Å²) in [4.78, 5) is 26.1. The van der Waals surface area contributed by atoms with Crippen LogP contribution in [-0.2, 0) is 20.2 Å². The van der Waals surface area contributed by atoms with E-state index in [2.05, 4.69) is 0 Å². The first-order valence-electron chi connectivity index (χ1n) is 10.8. The molecule has 6 N–H and O–H groups in total. The molecule has 194 valence electrons. The van der Waals surface area contributed by atoms with Crippen LogP contribution in [0.4, 0.5) is 11.4 Å². The first kappa shape index (κ1) is 26.7. The molecule has 0 aliphatic carbocycles. The molecule has 12 heteroatoms. The molecule has 4 aromatic carbocycles. The number of anilines is 2. The minimum atomic E-state index is -4.57. The minimum absolute atomic E-state index is 0.0306. The lowest BCUT2D eigenvalue weighted by Crippen LogP contribution is -2.10. The summed E-state index contributed by atoms with van der Waals surface area (Å²) < 4.78 is 65.1. The second kappa shape index (κ2) is 9.84. The summed E-state index contributed by atoms with van der Waals surface area (Å²) in [7, 11) is -9.15. The number of ketones is 2. The summed E-state index contributed by atoms with van der Waals surface area (Å²) in [6.45, 7) is 0. The van der Waals surface area contributed by atoms with Crippen molar-refractivity contribution in [3.05, 3.63) is 107 Å². The van der Waals surface area contributed by atoms with E-state index in [4.69, 9.17) is 11.5 Å². The number of hydrogen-bond acceptors (Lipinski definition) is 8. The van der Waals surface area contributed by atoms with Crippen molar-refractivity contribution in [1.29, 1.82) is 0 Å². The lowest BCUT2D eigenvalue weighted by molar-refractivity contribution is 0.102. The summed E-state index contributed by atoms with van der Waals surface area (Å²) in [5.74, 6) is -1.28. The third kappa shape index (κ3) is 5.48. The Bertz CT molecular complexity index is 1700. The molecule has 0 unspecified atom stereocenters. The highest BCUT2D eigenvalue weighted by Gasteiger charge is 2.23. The molecular formula is C26H20N2O8S2. The van der Waals surface area contributed by atoms with Crippen molar-refractivity contribution in [3.63, 3.8) is 0 Å². The highest BCUT2D eigenvalue weighted by Crippen LogP contribution is 2.33. The normalized spacial score (nSPS) is 11.7. The van der Waals surface area contributed by atoms with E-state index in [0.717, 1.165) is 24.3 Å². The number of nitrogen functional groups attached to an aromatic ring is 2. The van der Waals surface area contributed by atoms with Gasteiger partial charge in [0.1, 0.15) is 0 Å². The SMILES string of the molecule is Nc1ccc(-c2ccc(N)cc2C(=O)c2cccc(S(=O)(=O)O)c2)c(C(=O)c2cccc(S(=O)(=O)O)c2)c1. The van der Waals surface area contributed by atoms with Gasteiger partial charge in [0.25, 0.3) is 20.2 Å². The van der Waals surface area contributed by atoms with Crippen molar-refractivity contribution in [3.8, 4) is 11.1 Å². The van der Waals surface area contributed by atoms with E-state index in [-0.39, 0.29) is 44.8 Å². The molecule has 0 aromatic heterocycles. The third-order valence-corrected chi connectivity index (χ3v) is 7.35. The van der Waals surface area contributed by atoms with Gasteiger partial charge in [0.15, 0.2) is 11.6 Å². The fraction of sp³-hybridized carbons (Fsp3) is 0. The van der Waals surface area contributed by atoms with Crippen LogP contribution < -0.4 is 11.5 Å². The summed E-state index contributed by atoms with van der Waals surface area (Å²) in [6.07, 6.45) is 0. The molecule has 0 spiro atoms. The summed E-state index contributed by atoms with van der Waals surface area (Å²) in [6, 6.07) is 18.3. The van der Waals surface area contributed by atoms with E-state index in [0.29, 0.717) is 0 Å². The number of benzene rings is 4. The molecule has 0 saturated carbocycles. The second-order valence-electron chi connectivity index (χ2n) is 8.27. The molecule has 4 aromatic rings. The Morgan fingerprint density at radius 3 is 1.26 bits per heavy atom. The van der Waals surface area contributed by atoms with Gasteiger partial charge in [-0.25, -0.2) is 0 Å². The van der Waals surface area contributed by atoms with E-state index in [1.54, 1.807) is 0 Å². The lowest BCUT2D eigenvalue weighted by Gasteiger charge is -2.15. The smallest absolute Gasteiger partial charge is 0.294 e. The Hall–Kier alpha value is -4.36. The van der Waals surface area contributed by atoms with Crippen LogP contribution in [0.3, 0.4) is 0 Å². The van der Waals surface area contributed by atoms with Crippen molar-refractivity contribution in [2.24, 2.45) is 0 Å². The molecule has 0 bridgehead atoms. The van der Waals surface area contributed by atoms with Crippen LogP contribution in [0.1, 0.15) is 31.8 Å². The van der Waals surface area contributed by atoms with Crippen LogP contribution in [0.15, 0.2) is 94.7 Å². The molecule has 4 rings (SSSR count). The van der Waals surface area contributed by atoms with E-state index < -0.39 is 41.6 Å². The van der Waals surface area contributed by atoms with Crippen molar-refractivity contribution in [2.75, 3.05) is 11.5 Å². The molecule has 0 aliphatic heterocycles. The molecule has 0 saturated heterocycles. The van der Waals surface area contributed by atoms with Crippen molar-refractivity contribution >= 4 is 43.2 Å². The maximum Gasteiger partial charge on any atom is 0.294 e. The fourth-order valence-electron chi connectivity index (χ4n) is 3.88. The van der Waals surface area contributed by atoms with Gasteiger partial charge in [-0.15, -0.1) is 0 Å². The van der Waals surface area contributed by atoms with Crippen LogP contribution >= 0.6 is 0 Å². The zero-order chi connectivity index (χ0) is 27.8. The molecule has 0 heterocycles. The molecule has 0 atom stereocenters. The number of rotatable bonds is 7. The molecular weight excluding hydrogens is 532 g/mol.